The zero-order chi connectivity index (χ0) is 7.98. The third-order valence-corrected chi connectivity index (χ3v) is 0.622. The molecule has 10 heavy (non-hydrogen) atoms. The van der Waals surface area contributed by atoms with Gasteiger partial charge in [0.25, 0.3) is 0 Å². The molecule has 0 atom stereocenters. The molecule has 4 heteroatoms. The summed E-state index contributed by atoms with van der Waals surface area (Å²) < 4.78 is 0. The van der Waals surface area contributed by atoms with Gasteiger partial charge in [0.05, 0.1) is 0 Å². The first kappa shape index (κ1) is 8.42. The number of carbonyl (C=O) groups is 2. The molecule has 0 bridgehead atoms. The van der Waals surface area contributed by atoms with Crippen molar-refractivity contribution in [3.05, 3.63) is 24.5 Å². The quantitative estimate of drug-likeness (QED) is 0.407. The summed E-state index contributed by atoms with van der Waals surface area (Å²) in [6.45, 7) is 0. The molecule has 0 aromatic heterocycles. The molecule has 1 N–H and O–H groups in total. The standard InChI is InChI=1S/C6H6O4/c7-4-3-5(8)1-2-6(9)10/h1-4,7H,(H,9,10)/p-1/b2-1-,4-3?. The number of rotatable bonds is 3. The van der Waals surface area contributed by atoms with Crippen LogP contribution in [0, 0.1) is 0 Å². The van der Waals surface area contributed by atoms with Gasteiger partial charge >= 0.3 is 5.97 Å². The van der Waals surface area contributed by atoms with Gasteiger partial charge in [-0.2, -0.15) is 0 Å². The van der Waals surface area contributed by atoms with Gasteiger partial charge in [0.1, 0.15) is 0 Å². The molecule has 0 amide bonds. The van der Waals surface area contributed by atoms with Crippen molar-refractivity contribution in [3.8, 4) is 0 Å². The monoisotopic (exact) mass is 141 g/mol. The Kier molecular flexibility index (Phi) is 3.63. The van der Waals surface area contributed by atoms with Gasteiger partial charge in [-0.3, -0.25) is 4.79 Å². The maximum atomic E-state index is 10.3. The highest BCUT2D eigenvalue weighted by molar-refractivity contribution is 6.02. The SMILES string of the molecule is O=C(O)/C=C\C(=O)C=C[O-]. The summed E-state index contributed by atoms with van der Waals surface area (Å²) in [5.41, 5.74) is 0. The largest absolute Gasteiger partial charge is 0.878 e. The van der Waals surface area contributed by atoms with Crippen LogP contribution in [0.1, 0.15) is 0 Å². The van der Waals surface area contributed by atoms with Crippen LogP contribution >= 0.6 is 0 Å². The Morgan fingerprint density at radius 2 is 1.80 bits per heavy atom. The van der Waals surface area contributed by atoms with Gasteiger partial charge in [0, 0.05) is 6.08 Å². The van der Waals surface area contributed by atoms with Crippen LogP contribution in [-0.2, 0) is 9.59 Å². The number of hydrogen-bond donors (Lipinski definition) is 1. The van der Waals surface area contributed by atoms with E-state index in [0.29, 0.717) is 12.3 Å². The molecule has 0 heterocycles. The maximum Gasteiger partial charge on any atom is 0.328 e. The van der Waals surface area contributed by atoms with Crippen molar-refractivity contribution in [3.63, 3.8) is 0 Å². The molecule has 0 unspecified atom stereocenters. The molecule has 4 nitrogen and oxygen atoms in total. The lowest BCUT2D eigenvalue weighted by Gasteiger charge is -1.84. The Labute approximate surface area is 57.1 Å². The summed E-state index contributed by atoms with van der Waals surface area (Å²) >= 11 is 0. The average molecular weight is 141 g/mol. The van der Waals surface area contributed by atoms with Crippen molar-refractivity contribution in [1.29, 1.82) is 0 Å². The predicted octanol–water partition coefficient (Wildman–Crippen LogP) is -0.930. The zero-order valence-electron chi connectivity index (χ0n) is 4.98. The second-order valence-electron chi connectivity index (χ2n) is 1.38. The number of carboxylic acids is 1. The minimum Gasteiger partial charge on any atom is -0.878 e. The van der Waals surface area contributed by atoms with Crippen LogP contribution in [0.4, 0.5) is 0 Å². The summed E-state index contributed by atoms with van der Waals surface area (Å²) in [5, 5.41) is 17.6. The molecule has 0 aromatic rings. The molecular weight excluding hydrogens is 136 g/mol. The lowest BCUT2D eigenvalue weighted by molar-refractivity contribution is -0.274. The van der Waals surface area contributed by atoms with Crippen LogP contribution in [0.5, 0.6) is 0 Å². The Morgan fingerprint density at radius 3 is 2.20 bits per heavy atom. The van der Waals surface area contributed by atoms with Crippen LogP contribution < -0.4 is 5.11 Å². The van der Waals surface area contributed by atoms with Crippen molar-refractivity contribution in [2.75, 3.05) is 0 Å². The van der Waals surface area contributed by atoms with E-state index in [9.17, 15) is 14.7 Å². The van der Waals surface area contributed by atoms with Crippen molar-refractivity contribution in [2.24, 2.45) is 0 Å². The number of carboxylic acid groups (broad SMARTS) is 1. The summed E-state index contributed by atoms with van der Waals surface area (Å²) in [4.78, 5) is 20.1. The molecular formula is C6H5O4-. The van der Waals surface area contributed by atoms with Gasteiger partial charge in [-0.05, 0) is 12.2 Å². The first-order valence-corrected chi connectivity index (χ1v) is 2.40. The van der Waals surface area contributed by atoms with Gasteiger partial charge in [-0.15, -0.1) is 6.26 Å². The zero-order valence-corrected chi connectivity index (χ0v) is 4.98. The van der Waals surface area contributed by atoms with Crippen molar-refractivity contribution in [2.45, 2.75) is 0 Å². The Balaban J connectivity index is 3.90. The highest BCUT2D eigenvalue weighted by atomic mass is 16.4. The Bertz CT molecular complexity index is 190. The topological polar surface area (TPSA) is 77.4 Å². The van der Waals surface area contributed by atoms with Crippen LogP contribution in [0.2, 0.25) is 0 Å². The number of hydrogen-bond acceptors (Lipinski definition) is 3. The first-order valence-electron chi connectivity index (χ1n) is 2.40. The molecule has 0 aliphatic rings. The number of aliphatic carboxylic acids is 1. The fourth-order valence-electron chi connectivity index (χ4n) is 0.276. The van der Waals surface area contributed by atoms with Crippen LogP contribution in [0.15, 0.2) is 24.5 Å². The van der Waals surface area contributed by atoms with E-state index in [0.717, 1.165) is 12.2 Å². The lowest BCUT2D eigenvalue weighted by Crippen LogP contribution is -1.94. The van der Waals surface area contributed by atoms with Crippen molar-refractivity contribution >= 4 is 11.8 Å². The average Bonchev–Trinajstić information content (AvgIpc) is 1.85. The van der Waals surface area contributed by atoms with Gasteiger partial charge in [0.2, 0.25) is 0 Å². The first-order chi connectivity index (χ1) is 4.66. The van der Waals surface area contributed by atoms with Gasteiger partial charge < -0.3 is 10.2 Å². The highest BCUT2D eigenvalue weighted by Gasteiger charge is 1.88. The molecule has 0 saturated heterocycles. The fourth-order valence-corrected chi connectivity index (χ4v) is 0.276. The van der Waals surface area contributed by atoms with E-state index in [1.807, 2.05) is 0 Å². The number of carbonyl (C=O) groups excluding carboxylic acids is 1. The molecule has 0 aliphatic heterocycles. The van der Waals surface area contributed by atoms with Gasteiger partial charge in [-0.25, -0.2) is 4.79 Å². The van der Waals surface area contributed by atoms with Crippen LogP contribution in [-0.4, -0.2) is 16.9 Å². The fraction of sp³-hybridized carbons (Fsp3) is 0. The second-order valence-corrected chi connectivity index (χ2v) is 1.38. The number of allylic oxidation sites excluding steroid dienone is 2. The van der Waals surface area contributed by atoms with E-state index in [2.05, 4.69) is 0 Å². The normalized spacial score (nSPS) is 10.8. The third kappa shape index (κ3) is 4.58. The van der Waals surface area contributed by atoms with Crippen molar-refractivity contribution < 1.29 is 19.8 Å². The molecule has 54 valence electrons. The molecule has 0 fully saturated rings. The summed E-state index contributed by atoms with van der Waals surface area (Å²) in [6, 6.07) is 0. The van der Waals surface area contributed by atoms with Crippen LogP contribution in [0.25, 0.3) is 0 Å². The minimum absolute atomic E-state index is 0.300. The van der Waals surface area contributed by atoms with E-state index in [1.165, 1.54) is 0 Å². The van der Waals surface area contributed by atoms with Gasteiger partial charge in [0.15, 0.2) is 5.78 Å². The number of ketones is 1. The van der Waals surface area contributed by atoms with Crippen molar-refractivity contribution in [1.82, 2.24) is 0 Å². The molecule has 0 aromatic carbocycles. The summed E-state index contributed by atoms with van der Waals surface area (Å²) in [7, 11) is 0. The Hall–Kier alpha value is -1.58. The van der Waals surface area contributed by atoms with Crippen LogP contribution in [0.3, 0.4) is 0 Å². The summed E-state index contributed by atoms with van der Waals surface area (Å²) in [5.74, 6) is -1.84. The summed E-state index contributed by atoms with van der Waals surface area (Å²) in [6.07, 6.45) is 2.51. The Morgan fingerprint density at radius 1 is 1.20 bits per heavy atom. The predicted molar refractivity (Wildman–Crippen MR) is 30.9 cm³/mol. The molecule has 0 aliphatic carbocycles. The second kappa shape index (κ2) is 4.31. The van der Waals surface area contributed by atoms with E-state index in [1.54, 1.807) is 0 Å². The van der Waals surface area contributed by atoms with Gasteiger partial charge in [-0.1, -0.05) is 0 Å². The smallest absolute Gasteiger partial charge is 0.328 e. The van der Waals surface area contributed by atoms with E-state index in [-0.39, 0.29) is 0 Å². The lowest BCUT2D eigenvalue weighted by atomic mass is 10.3. The van der Waals surface area contributed by atoms with E-state index >= 15 is 0 Å². The molecule has 0 rings (SSSR count). The van der Waals surface area contributed by atoms with E-state index in [4.69, 9.17) is 5.11 Å². The maximum absolute atomic E-state index is 10.3. The highest BCUT2D eigenvalue weighted by Crippen LogP contribution is 1.78. The molecule has 0 radical (unpaired) electrons. The molecule has 0 spiro atoms. The minimum atomic E-state index is -1.22. The third-order valence-electron chi connectivity index (χ3n) is 0.622. The molecule has 0 saturated carbocycles. The van der Waals surface area contributed by atoms with E-state index < -0.39 is 11.8 Å².